The lowest BCUT2D eigenvalue weighted by atomic mass is 9.77. The van der Waals surface area contributed by atoms with Crippen LogP contribution in [0.25, 0.3) is 0 Å². The predicted octanol–water partition coefficient (Wildman–Crippen LogP) is 1.63. The van der Waals surface area contributed by atoms with E-state index in [-0.39, 0.29) is 12.5 Å². The molecule has 0 saturated heterocycles. The molecule has 4 rings (SSSR count). The minimum atomic E-state index is -1.56. The fraction of sp³-hybridized carbons (Fsp3) is 0.286. The molecule has 0 spiro atoms. The van der Waals surface area contributed by atoms with Crippen molar-refractivity contribution in [3.05, 3.63) is 47.5 Å². The molecule has 104 valence electrons. The van der Waals surface area contributed by atoms with Gasteiger partial charge in [0.25, 0.3) is 0 Å². The van der Waals surface area contributed by atoms with Crippen LogP contribution in [0.2, 0.25) is 0 Å². The van der Waals surface area contributed by atoms with E-state index in [1.54, 1.807) is 24.3 Å². The van der Waals surface area contributed by atoms with Crippen molar-refractivity contribution in [3.8, 4) is 0 Å². The molecular weight excluding hydrogens is 264 g/mol. The largest absolute Gasteiger partial charge is 0.481 e. The van der Waals surface area contributed by atoms with Crippen molar-refractivity contribution >= 4 is 11.9 Å². The number of fused-ring (bicyclic) bond motifs is 1. The average molecular weight is 276 g/mol. The first-order valence-corrected chi connectivity index (χ1v) is 6.12. The molecule has 0 radical (unpaired) electrons. The summed E-state index contributed by atoms with van der Waals surface area (Å²) in [4.78, 5) is 32.7. The van der Waals surface area contributed by atoms with Crippen LogP contribution in [-0.4, -0.2) is 22.2 Å². The number of hydrogen-bond donors (Lipinski definition) is 2. The van der Waals surface area contributed by atoms with Crippen LogP contribution < -0.4 is 0 Å². The Labute approximate surface area is 114 Å². The molecule has 2 aliphatic heterocycles. The summed E-state index contributed by atoms with van der Waals surface area (Å²) >= 11 is 0. The molecule has 2 atom stereocenters. The molecule has 0 aromatic heterocycles. The summed E-state index contributed by atoms with van der Waals surface area (Å²) in [6.45, 7) is 0. The van der Waals surface area contributed by atoms with Gasteiger partial charge in [-0.15, -0.1) is 0 Å². The van der Waals surface area contributed by atoms with Gasteiger partial charge < -0.3 is 10.2 Å². The van der Waals surface area contributed by atoms with Gasteiger partial charge in [-0.2, -0.15) is 0 Å². The SMILES string of the molecule is O=C(O)C(CC12C=CC(OO1)c1ccccc12)C(=O)O. The van der Waals surface area contributed by atoms with Crippen molar-refractivity contribution in [2.75, 3.05) is 0 Å². The second-order valence-electron chi connectivity index (χ2n) is 4.87. The van der Waals surface area contributed by atoms with Crippen molar-refractivity contribution in [2.45, 2.75) is 18.1 Å². The molecule has 1 aromatic carbocycles. The van der Waals surface area contributed by atoms with Gasteiger partial charge in [-0.25, -0.2) is 9.78 Å². The molecule has 2 N–H and O–H groups in total. The highest BCUT2D eigenvalue weighted by Gasteiger charge is 2.48. The molecule has 6 heteroatoms. The van der Waals surface area contributed by atoms with Gasteiger partial charge in [-0.1, -0.05) is 24.3 Å². The van der Waals surface area contributed by atoms with Crippen LogP contribution in [-0.2, 0) is 25.0 Å². The standard InChI is InChI=1S/C14H12O6/c15-12(16)9(13(17)18)7-14-6-5-11(19-20-14)8-3-1-2-4-10(8)14/h1-6,9,11H,7H2,(H,15,16)(H,17,18). The Balaban J connectivity index is 2.03. The van der Waals surface area contributed by atoms with Gasteiger partial charge in [0.05, 0.1) is 0 Å². The summed E-state index contributed by atoms with van der Waals surface area (Å²) in [6.07, 6.45) is 2.88. The van der Waals surface area contributed by atoms with Gasteiger partial charge in [-0.3, -0.25) is 9.59 Å². The highest BCUT2D eigenvalue weighted by molar-refractivity contribution is 5.93. The van der Waals surface area contributed by atoms with E-state index < -0.39 is 23.5 Å². The molecule has 2 bridgehead atoms. The van der Waals surface area contributed by atoms with E-state index in [2.05, 4.69) is 0 Å². The van der Waals surface area contributed by atoms with Crippen LogP contribution in [0.15, 0.2) is 36.4 Å². The van der Waals surface area contributed by atoms with Crippen LogP contribution in [0.5, 0.6) is 0 Å². The fourth-order valence-electron chi connectivity index (χ4n) is 2.66. The van der Waals surface area contributed by atoms with E-state index in [9.17, 15) is 9.59 Å². The summed E-state index contributed by atoms with van der Waals surface area (Å²) < 4.78 is 0. The normalized spacial score (nSPS) is 26.6. The van der Waals surface area contributed by atoms with E-state index in [4.69, 9.17) is 20.0 Å². The molecule has 20 heavy (non-hydrogen) atoms. The number of benzene rings is 1. The lowest BCUT2D eigenvalue weighted by Crippen LogP contribution is -2.42. The summed E-state index contributed by atoms with van der Waals surface area (Å²) in [5, 5.41) is 18.1. The van der Waals surface area contributed by atoms with Crippen LogP contribution >= 0.6 is 0 Å². The van der Waals surface area contributed by atoms with E-state index in [0.29, 0.717) is 0 Å². The maximum Gasteiger partial charge on any atom is 0.318 e. The van der Waals surface area contributed by atoms with Gasteiger partial charge in [-0.05, 0) is 23.3 Å². The van der Waals surface area contributed by atoms with Gasteiger partial charge in [0.15, 0.2) is 5.92 Å². The average Bonchev–Trinajstić information content (AvgIpc) is 2.46. The Morgan fingerprint density at radius 1 is 1.25 bits per heavy atom. The summed E-state index contributed by atoms with van der Waals surface area (Å²) in [7, 11) is 0. The monoisotopic (exact) mass is 276 g/mol. The lowest BCUT2D eigenvalue weighted by molar-refractivity contribution is -0.393. The molecule has 3 aliphatic rings. The third-order valence-corrected chi connectivity index (χ3v) is 3.67. The fourth-order valence-corrected chi connectivity index (χ4v) is 2.66. The molecule has 6 nitrogen and oxygen atoms in total. The zero-order valence-electron chi connectivity index (χ0n) is 10.4. The van der Waals surface area contributed by atoms with Crippen molar-refractivity contribution in [2.24, 2.45) is 5.92 Å². The number of aliphatic carboxylic acids is 2. The number of carbonyl (C=O) groups is 2. The molecule has 0 saturated carbocycles. The molecule has 2 heterocycles. The molecule has 0 amide bonds. The second-order valence-corrected chi connectivity index (χ2v) is 4.87. The van der Waals surface area contributed by atoms with Crippen LogP contribution in [0.3, 0.4) is 0 Å². The summed E-state index contributed by atoms with van der Waals surface area (Å²) in [5.74, 6) is -4.35. The minimum absolute atomic E-state index is 0.224. The van der Waals surface area contributed by atoms with Gasteiger partial charge in [0.1, 0.15) is 11.7 Å². The molecular formula is C14H12O6. The first kappa shape index (κ1) is 12.8. The maximum absolute atomic E-state index is 11.1. The zero-order valence-corrected chi connectivity index (χ0v) is 10.4. The summed E-state index contributed by atoms with van der Waals surface area (Å²) in [5.41, 5.74) is 0.467. The molecule has 0 fully saturated rings. The first-order valence-electron chi connectivity index (χ1n) is 6.12. The topological polar surface area (TPSA) is 93.1 Å². The third kappa shape index (κ3) is 1.81. The smallest absolute Gasteiger partial charge is 0.318 e. The Morgan fingerprint density at radius 2 is 1.95 bits per heavy atom. The Kier molecular flexibility index (Phi) is 2.84. The third-order valence-electron chi connectivity index (χ3n) is 3.67. The quantitative estimate of drug-likeness (QED) is 0.493. The van der Waals surface area contributed by atoms with Crippen LogP contribution in [0, 0.1) is 5.92 Å². The van der Waals surface area contributed by atoms with E-state index >= 15 is 0 Å². The predicted molar refractivity (Wildman–Crippen MR) is 65.5 cm³/mol. The Bertz CT molecular complexity index is 593. The minimum Gasteiger partial charge on any atom is -0.481 e. The highest BCUT2D eigenvalue weighted by atomic mass is 17.2. The maximum atomic E-state index is 11.1. The number of hydrogen-bond acceptors (Lipinski definition) is 4. The van der Waals surface area contributed by atoms with Crippen molar-refractivity contribution < 1.29 is 29.6 Å². The summed E-state index contributed by atoms with van der Waals surface area (Å²) in [6, 6.07) is 7.30. The van der Waals surface area contributed by atoms with Crippen molar-refractivity contribution in [1.82, 2.24) is 0 Å². The van der Waals surface area contributed by atoms with Crippen LogP contribution in [0.1, 0.15) is 23.7 Å². The molecule has 1 aromatic rings. The Hall–Kier alpha value is -2.18. The van der Waals surface area contributed by atoms with Crippen molar-refractivity contribution in [3.63, 3.8) is 0 Å². The van der Waals surface area contributed by atoms with E-state index in [1.165, 1.54) is 0 Å². The highest BCUT2D eigenvalue weighted by Crippen LogP contribution is 2.48. The first-order chi connectivity index (χ1) is 9.53. The molecule has 2 unspecified atom stereocenters. The van der Waals surface area contributed by atoms with Gasteiger partial charge >= 0.3 is 11.9 Å². The second kappa shape index (κ2) is 4.43. The van der Waals surface area contributed by atoms with Crippen molar-refractivity contribution in [1.29, 1.82) is 0 Å². The van der Waals surface area contributed by atoms with Gasteiger partial charge in [0.2, 0.25) is 0 Å². The Morgan fingerprint density at radius 3 is 2.55 bits per heavy atom. The number of carboxylic acid groups (broad SMARTS) is 2. The number of rotatable bonds is 4. The zero-order chi connectivity index (χ0) is 14.3. The van der Waals surface area contributed by atoms with E-state index in [1.807, 2.05) is 12.1 Å². The van der Waals surface area contributed by atoms with Gasteiger partial charge in [0, 0.05) is 6.42 Å². The van der Waals surface area contributed by atoms with E-state index in [0.717, 1.165) is 11.1 Å². The lowest BCUT2D eigenvalue weighted by Gasteiger charge is -2.42. The number of carboxylic acids is 2. The van der Waals surface area contributed by atoms with Crippen LogP contribution in [0.4, 0.5) is 0 Å². The molecule has 1 aliphatic carbocycles.